The second kappa shape index (κ2) is 6.06. The fraction of sp³-hybridized carbons (Fsp3) is 0.762. The summed E-state index contributed by atoms with van der Waals surface area (Å²) in [5.74, 6) is 2.01. The van der Waals surface area contributed by atoms with Gasteiger partial charge in [-0.25, -0.2) is 9.79 Å². The normalized spacial score (nSPS) is 39.7. The van der Waals surface area contributed by atoms with E-state index in [0.717, 1.165) is 6.42 Å². The molecule has 1 fully saturated rings. The van der Waals surface area contributed by atoms with Gasteiger partial charge < -0.3 is 0 Å². The van der Waals surface area contributed by atoms with Crippen LogP contribution in [0, 0.1) is 28.6 Å². The average Bonchev–Trinajstić information content (AvgIpc) is 2.52. The molecule has 23 heavy (non-hydrogen) atoms. The van der Waals surface area contributed by atoms with E-state index >= 15 is 0 Å². The quantitative estimate of drug-likeness (QED) is 0.502. The fourth-order valence-electron chi connectivity index (χ4n) is 5.88. The number of hydrogen-bond donors (Lipinski definition) is 0. The highest BCUT2D eigenvalue weighted by molar-refractivity contribution is 5.36. The van der Waals surface area contributed by atoms with Gasteiger partial charge in [0.25, 0.3) is 0 Å². The molecule has 4 atom stereocenters. The van der Waals surface area contributed by atoms with Gasteiger partial charge in [0.05, 0.1) is 6.54 Å². The van der Waals surface area contributed by atoms with Crippen molar-refractivity contribution >= 4 is 6.08 Å². The maximum atomic E-state index is 10.6. The highest BCUT2D eigenvalue weighted by Crippen LogP contribution is 2.62. The Bertz CT molecular complexity index is 581. The molecule has 3 aliphatic rings. The standard InChI is InChI=1S/C21H31NO/c1-15(2)16-6-8-18-17(12-16)7-9-19-20(3,13-22-14-23)10-5-11-21(18,19)4/h7,12,15,18-19H,5-6,8-11,13H2,1-4H3/t18-,19-,20-,21+/m0/s1. The molecule has 1 saturated carbocycles. The molecule has 0 heterocycles. The number of rotatable bonds is 3. The number of hydrogen-bond acceptors (Lipinski definition) is 2. The first-order valence-corrected chi connectivity index (χ1v) is 9.35. The molecule has 0 radical (unpaired) electrons. The molecule has 2 nitrogen and oxygen atoms in total. The maximum absolute atomic E-state index is 10.6. The molecule has 3 aliphatic carbocycles. The van der Waals surface area contributed by atoms with Crippen molar-refractivity contribution in [1.82, 2.24) is 0 Å². The Morgan fingerprint density at radius 2 is 2.13 bits per heavy atom. The van der Waals surface area contributed by atoms with Gasteiger partial charge in [0.1, 0.15) is 0 Å². The molecule has 0 unspecified atom stereocenters. The minimum Gasteiger partial charge on any atom is -0.211 e. The van der Waals surface area contributed by atoms with Crippen molar-refractivity contribution < 1.29 is 4.79 Å². The van der Waals surface area contributed by atoms with Crippen LogP contribution in [0.5, 0.6) is 0 Å². The minimum atomic E-state index is 0.161. The molecule has 0 N–H and O–H groups in total. The molecular formula is C21H31NO. The molecule has 0 bridgehead atoms. The lowest BCUT2D eigenvalue weighted by Crippen LogP contribution is -2.51. The van der Waals surface area contributed by atoms with Crippen LogP contribution in [0.3, 0.4) is 0 Å². The predicted molar refractivity (Wildman–Crippen MR) is 94.9 cm³/mol. The molecule has 0 saturated heterocycles. The van der Waals surface area contributed by atoms with E-state index in [1.807, 2.05) is 0 Å². The van der Waals surface area contributed by atoms with E-state index in [4.69, 9.17) is 0 Å². The van der Waals surface area contributed by atoms with Gasteiger partial charge in [-0.2, -0.15) is 0 Å². The summed E-state index contributed by atoms with van der Waals surface area (Å²) in [5, 5.41) is 0. The summed E-state index contributed by atoms with van der Waals surface area (Å²) >= 11 is 0. The third-order valence-corrected chi connectivity index (χ3v) is 7.21. The molecule has 126 valence electrons. The highest BCUT2D eigenvalue weighted by atomic mass is 16.1. The number of isocyanates is 1. The maximum Gasteiger partial charge on any atom is 0.234 e. The third kappa shape index (κ3) is 2.76. The van der Waals surface area contributed by atoms with Gasteiger partial charge in [0, 0.05) is 0 Å². The zero-order valence-corrected chi connectivity index (χ0v) is 15.2. The zero-order chi connectivity index (χ0) is 16.7. The number of aliphatic imine (C=N–C) groups is 1. The van der Waals surface area contributed by atoms with Crippen LogP contribution in [-0.4, -0.2) is 12.6 Å². The molecule has 2 heteroatoms. The molecule has 0 aliphatic heterocycles. The Labute approximate surface area is 141 Å². The van der Waals surface area contributed by atoms with Crippen LogP contribution in [0.25, 0.3) is 0 Å². The Kier molecular flexibility index (Phi) is 4.40. The number of fused-ring (bicyclic) bond motifs is 3. The Morgan fingerprint density at radius 1 is 1.35 bits per heavy atom. The largest absolute Gasteiger partial charge is 0.234 e. The van der Waals surface area contributed by atoms with E-state index in [2.05, 4.69) is 44.8 Å². The van der Waals surface area contributed by atoms with Crippen molar-refractivity contribution in [2.45, 2.75) is 66.2 Å². The lowest BCUT2D eigenvalue weighted by molar-refractivity contribution is -0.0436. The van der Waals surface area contributed by atoms with E-state index < -0.39 is 0 Å². The van der Waals surface area contributed by atoms with Crippen molar-refractivity contribution in [1.29, 1.82) is 0 Å². The summed E-state index contributed by atoms with van der Waals surface area (Å²) in [4.78, 5) is 14.6. The van der Waals surface area contributed by atoms with Crippen molar-refractivity contribution in [3.8, 4) is 0 Å². The van der Waals surface area contributed by atoms with Crippen LogP contribution in [0.1, 0.15) is 66.2 Å². The van der Waals surface area contributed by atoms with Crippen LogP contribution in [0.4, 0.5) is 0 Å². The van der Waals surface area contributed by atoms with Gasteiger partial charge in [0.15, 0.2) is 0 Å². The SMILES string of the molecule is CC(C)C1=CC2=CC[C@H]3[C@](C)(CN=C=O)CCC[C@]3(C)[C@H]2CC1. The van der Waals surface area contributed by atoms with Crippen molar-refractivity contribution in [3.05, 3.63) is 23.3 Å². The second-order valence-electron chi connectivity index (χ2n) is 8.88. The van der Waals surface area contributed by atoms with Crippen molar-refractivity contribution in [3.63, 3.8) is 0 Å². The third-order valence-electron chi connectivity index (χ3n) is 7.21. The Balaban J connectivity index is 1.95. The van der Waals surface area contributed by atoms with Crippen molar-refractivity contribution in [2.24, 2.45) is 33.6 Å². The van der Waals surface area contributed by atoms with Gasteiger partial charge in [-0.1, -0.05) is 51.8 Å². The van der Waals surface area contributed by atoms with Crippen LogP contribution in [0.2, 0.25) is 0 Å². The molecule has 0 spiro atoms. The zero-order valence-electron chi connectivity index (χ0n) is 15.2. The first kappa shape index (κ1) is 16.7. The molecule has 0 amide bonds. The molecule has 3 rings (SSSR count). The van der Waals surface area contributed by atoms with E-state index in [-0.39, 0.29) is 5.41 Å². The summed E-state index contributed by atoms with van der Waals surface area (Å²) in [7, 11) is 0. The number of carbonyl (C=O) groups excluding carboxylic acids is 1. The first-order valence-electron chi connectivity index (χ1n) is 9.35. The number of allylic oxidation sites excluding steroid dienone is 4. The highest BCUT2D eigenvalue weighted by Gasteiger charge is 2.54. The summed E-state index contributed by atoms with van der Waals surface area (Å²) in [6.45, 7) is 10.2. The monoisotopic (exact) mass is 313 g/mol. The van der Waals surface area contributed by atoms with E-state index in [1.54, 1.807) is 17.2 Å². The lowest BCUT2D eigenvalue weighted by atomic mass is 9.47. The lowest BCUT2D eigenvalue weighted by Gasteiger charge is -2.58. The summed E-state index contributed by atoms with van der Waals surface area (Å²) in [6, 6.07) is 0. The van der Waals surface area contributed by atoms with E-state index in [0.29, 0.717) is 29.7 Å². The fourth-order valence-corrected chi connectivity index (χ4v) is 5.88. The smallest absolute Gasteiger partial charge is 0.211 e. The molecule has 0 aromatic carbocycles. The molecule has 0 aromatic rings. The van der Waals surface area contributed by atoms with E-state index in [1.165, 1.54) is 32.1 Å². The minimum absolute atomic E-state index is 0.161. The van der Waals surface area contributed by atoms with Crippen LogP contribution < -0.4 is 0 Å². The van der Waals surface area contributed by atoms with Gasteiger partial charge in [-0.05, 0) is 66.3 Å². The summed E-state index contributed by atoms with van der Waals surface area (Å²) in [6.07, 6.45) is 14.3. The van der Waals surface area contributed by atoms with Gasteiger partial charge in [-0.15, -0.1) is 0 Å². The molecular weight excluding hydrogens is 282 g/mol. The Hall–Kier alpha value is -1.14. The van der Waals surface area contributed by atoms with Crippen LogP contribution >= 0.6 is 0 Å². The van der Waals surface area contributed by atoms with Gasteiger partial charge in [0.2, 0.25) is 6.08 Å². The first-order chi connectivity index (χ1) is 10.9. The van der Waals surface area contributed by atoms with Gasteiger partial charge >= 0.3 is 0 Å². The topological polar surface area (TPSA) is 29.4 Å². The number of nitrogens with zero attached hydrogens (tertiary/aromatic N) is 1. The van der Waals surface area contributed by atoms with Crippen LogP contribution in [0.15, 0.2) is 28.3 Å². The Morgan fingerprint density at radius 3 is 2.83 bits per heavy atom. The summed E-state index contributed by atoms with van der Waals surface area (Å²) < 4.78 is 0. The summed E-state index contributed by atoms with van der Waals surface area (Å²) in [5.41, 5.74) is 3.75. The van der Waals surface area contributed by atoms with Crippen molar-refractivity contribution in [2.75, 3.05) is 6.54 Å². The van der Waals surface area contributed by atoms with E-state index in [9.17, 15) is 4.79 Å². The second-order valence-corrected chi connectivity index (χ2v) is 8.88. The van der Waals surface area contributed by atoms with Gasteiger partial charge in [-0.3, -0.25) is 0 Å². The van der Waals surface area contributed by atoms with Crippen LogP contribution in [-0.2, 0) is 4.79 Å². The predicted octanol–water partition coefficient (Wildman–Crippen LogP) is 5.46. The average molecular weight is 313 g/mol. The molecule has 0 aromatic heterocycles.